The predicted octanol–water partition coefficient (Wildman–Crippen LogP) is 19.5. The topological polar surface area (TPSA) is 40.8 Å². The molecule has 4 aromatic heterocycles. The van der Waals surface area contributed by atoms with E-state index in [-0.39, 0.29) is 55.7 Å². The molecule has 0 saturated carbocycles. The Kier molecular flexibility index (Phi) is 9.57. The zero-order chi connectivity index (χ0) is 68.8. The second-order valence-electron chi connectivity index (χ2n) is 24.3. The molecule has 0 spiro atoms. The van der Waals surface area contributed by atoms with Crippen molar-refractivity contribution in [2.24, 2.45) is 0 Å². The number of pyridine rings is 1. The van der Waals surface area contributed by atoms with Crippen LogP contribution >= 0.6 is 0 Å². The summed E-state index contributed by atoms with van der Waals surface area (Å²) < 4.78 is 131. The molecule has 6 heteroatoms. The second-order valence-corrected chi connectivity index (χ2v) is 24.3. The third-order valence-corrected chi connectivity index (χ3v) is 16.1. The lowest BCUT2D eigenvalue weighted by Gasteiger charge is -2.27. The molecule has 10 aromatic carbocycles. The molecule has 0 N–H and O–H groups in total. The normalized spacial score (nSPS) is 14.5. The van der Waals surface area contributed by atoms with E-state index >= 15 is 0 Å². The Labute approximate surface area is 510 Å². The van der Waals surface area contributed by atoms with Crippen LogP contribution in [0.5, 0.6) is 11.5 Å². The first-order chi connectivity index (χ1) is 46.0. The minimum absolute atomic E-state index is 0.0121. The number of para-hydroxylation sites is 5. The summed E-state index contributed by atoms with van der Waals surface area (Å²) in [5, 5.41) is 1.45. The van der Waals surface area contributed by atoms with Crippen molar-refractivity contribution in [3.8, 4) is 56.6 Å². The van der Waals surface area contributed by atoms with Gasteiger partial charge in [0.25, 0.3) is 6.33 Å². The maximum atomic E-state index is 9.32. The van der Waals surface area contributed by atoms with Gasteiger partial charge in [0.15, 0.2) is 0 Å². The van der Waals surface area contributed by atoms with Gasteiger partial charge in [0.1, 0.15) is 17.3 Å². The molecule has 0 aliphatic rings. The van der Waals surface area contributed by atoms with E-state index in [0.717, 1.165) is 49.8 Å². The highest BCUT2D eigenvalue weighted by Crippen LogP contribution is 2.42. The van der Waals surface area contributed by atoms with Crippen LogP contribution in [0.15, 0.2) is 249 Å². The van der Waals surface area contributed by atoms with Crippen molar-refractivity contribution < 1.29 is 27.1 Å². The molecule has 0 bridgehead atoms. The summed E-state index contributed by atoms with van der Waals surface area (Å²) in [5.41, 5.74) is 10.5. The van der Waals surface area contributed by atoms with Crippen LogP contribution in [-0.2, 0) is 22.7 Å². The highest BCUT2D eigenvalue weighted by Gasteiger charge is 2.26. The van der Waals surface area contributed by atoms with Gasteiger partial charge in [-0.05, 0) is 140 Å². The van der Waals surface area contributed by atoms with Crippen LogP contribution in [0.1, 0.15) is 95.5 Å². The van der Waals surface area contributed by atoms with Crippen LogP contribution in [-0.4, -0.2) is 18.7 Å². The standard InChI is InChI=1S/C78H67N5O/c1-76(2,3)56-44-54(45-57(46-56)77(4,5)6)63-32-22-31-62(53-23-11-9-12-24-53)75(63)81-51-80(71-35-19-20-36-72(71)81)58-27-21-28-60(47-58)84-61-38-39-66-67-48-59(82-68-33-17-15-29-64(68)65-30-16-18-34-69(65)82)37-40-70(67)83(73(66)49-61)74-43-52(41-42-79-74)50-78(7,8)55-25-13-10-14-26-55/h9-49H,50H2,1-8H3/i9D,11D,12D,15D,16D,17D,18D,23D,24D,29D,30D,33D,34D. The van der Waals surface area contributed by atoms with Crippen molar-refractivity contribution in [1.82, 2.24) is 18.7 Å². The van der Waals surface area contributed by atoms with E-state index in [9.17, 15) is 5.48 Å². The van der Waals surface area contributed by atoms with Crippen molar-refractivity contribution in [2.45, 2.75) is 78.1 Å². The number of aromatic nitrogens is 5. The van der Waals surface area contributed by atoms with E-state index in [1.807, 2.05) is 130 Å². The summed E-state index contributed by atoms with van der Waals surface area (Å²) >= 11 is 0. The van der Waals surface area contributed by atoms with Gasteiger partial charge >= 0.3 is 0 Å². The van der Waals surface area contributed by atoms with Crippen LogP contribution in [0.25, 0.3) is 99.8 Å². The Hall–Kier alpha value is -9.78. The molecule has 6 nitrogen and oxygen atoms in total. The lowest BCUT2D eigenvalue weighted by molar-refractivity contribution is -0.571. The first kappa shape index (κ1) is 39.6. The van der Waals surface area contributed by atoms with Crippen molar-refractivity contribution >= 4 is 54.6 Å². The molecule has 4 heterocycles. The summed E-state index contributed by atoms with van der Waals surface area (Å²) in [6.07, 6.45) is 6.18. The Bertz CT molecular complexity index is 5500. The monoisotopic (exact) mass is 1100 g/mol. The molecule has 0 aliphatic heterocycles. The Balaban J connectivity index is 0.939. The number of rotatable bonds is 11. The Morgan fingerprint density at radius 1 is 0.464 bits per heavy atom. The molecule has 14 rings (SSSR count). The van der Waals surface area contributed by atoms with Crippen molar-refractivity contribution in [1.29, 1.82) is 0 Å². The van der Waals surface area contributed by atoms with E-state index in [0.29, 0.717) is 57.3 Å². The highest BCUT2D eigenvalue weighted by molar-refractivity contribution is 6.12. The molecule has 0 fully saturated rings. The summed E-state index contributed by atoms with van der Waals surface area (Å²) in [6.45, 7) is 17.5. The largest absolute Gasteiger partial charge is 0.458 e. The van der Waals surface area contributed by atoms with Gasteiger partial charge in [-0.2, -0.15) is 0 Å². The third kappa shape index (κ3) is 9.32. The zero-order valence-corrected chi connectivity index (χ0v) is 48.0. The number of nitrogens with zero attached hydrogens (tertiary/aromatic N) is 5. The number of fused-ring (bicyclic) bond motifs is 7. The molecule has 84 heavy (non-hydrogen) atoms. The first-order valence-corrected chi connectivity index (χ1v) is 28.2. The van der Waals surface area contributed by atoms with E-state index < -0.39 is 66.5 Å². The van der Waals surface area contributed by atoms with Crippen LogP contribution in [0.4, 0.5) is 0 Å². The molecule has 0 atom stereocenters. The average Bonchev–Trinajstić information content (AvgIpc) is 1.61. The molecule has 0 unspecified atom stereocenters. The first-order valence-electron chi connectivity index (χ1n) is 34.7. The minimum Gasteiger partial charge on any atom is -0.458 e. The lowest BCUT2D eigenvalue weighted by atomic mass is 9.78. The van der Waals surface area contributed by atoms with Crippen molar-refractivity contribution in [3.63, 3.8) is 0 Å². The molecule has 0 saturated heterocycles. The quantitative estimate of drug-likeness (QED) is 0.0957. The van der Waals surface area contributed by atoms with Gasteiger partial charge < -0.3 is 9.30 Å². The van der Waals surface area contributed by atoms with Crippen LogP contribution in [0.2, 0.25) is 0 Å². The van der Waals surface area contributed by atoms with Gasteiger partial charge in [0.05, 0.1) is 62.3 Å². The van der Waals surface area contributed by atoms with E-state index in [4.69, 9.17) is 22.1 Å². The van der Waals surface area contributed by atoms with Gasteiger partial charge in [-0.15, -0.1) is 0 Å². The van der Waals surface area contributed by atoms with Gasteiger partial charge in [0.2, 0.25) is 0 Å². The van der Waals surface area contributed by atoms with E-state index in [1.54, 1.807) is 12.3 Å². The zero-order valence-electron chi connectivity index (χ0n) is 61.0. The predicted molar refractivity (Wildman–Crippen MR) is 348 cm³/mol. The fourth-order valence-electron chi connectivity index (χ4n) is 11.8. The van der Waals surface area contributed by atoms with Gasteiger partial charge in [-0.25, -0.2) is 4.98 Å². The molecule has 14 aromatic rings. The number of hydrogen-bond donors (Lipinski definition) is 0. The summed E-state index contributed by atoms with van der Waals surface area (Å²) in [7, 11) is 0. The maximum Gasteiger partial charge on any atom is 0.269 e. The van der Waals surface area contributed by atoms with Gasteiger partial charge in [-0.3, -0.25) is 13.7 Å². The Morgan fingerprint density at radius 2 is 1.12 bits per heavy atom. The fourth-order valence-corrected chi connectivity index (χ4v) is 11.8. The summed E-state index contributed by atoms with van der Waals surface area (Å²) in [4.78, 5) is 5.01. The number of ether oxygens (including phenoxy) is 1. The molecule has 0 radical (unpaired) electrons. The molecular formula is C78H67N5O. The molecule has 0 amide bonds. The average molecular weight is 1100 g/mol. The third-order valence-electron chi connectivity index (χ3n) is 16.1. The van der Waals surface area contributed by atoms with Crippen LogP contribution in [0, 0.1) is 6.33 Å². The molecule has 410 valence electrons. The van der Waals surface area contributed by atoms with Crippen LogP contribution in [0.3, 0.4) is 0 Å². The van der Waals surface area contributed by atoms with Crippen molar-refractivity contribution in [3.05, 3.63) is 277 Å². The van der Waals surface area contributed by atoms with Gasteiger partial charge in [0, 0.05) is 39.5 Å². The Morgan fingerprint density at radius 3 is 1.85 bits per heavy atom. The highest BCUT2D eigenvalue weighted by atomic mass is 16.5. The maximum absolute atomic E-state index is 9.32. The number of benzene rings is 10. The van der Waals surface area contributed by atoms with Crippen LogP contribution < -0.4 is 9.30 Å². The fraction of sp³-hybridized carbons (Fsp3) is 0.154. The SMILES string of the molecule is [2H]c1c([2H])c([2H])c(-c2cccc(-c3cc(C(C)(C)C)cc(C(C)(C)C)c3)c2-[n+]2[c-]n(-c3cccc(Oc4ccc5c6cc(-n7c8c([2H])c([2H])c([2H])c([2H])c8c8c([2H])c([2H])c([2H])c([2H])c87)ccc6n(-c6cc(CC(C)(C)c7ccccc7)ccn6)c5c4)c3)c3ccccc32)c([2H])c1[2H]. The van der Waals surface area contributed by atoms with Crippen molar-refractivity contribution in [2.75, 3.05) is 0 Å². The van der Waals surface area contributed by atoms with Gasteiger partial charge in [-0.1, -0.05) is 219 Å². The smallest absolute Gasteiger partial charge is 0.269 e. The number of hydrogen-bond acceptors (Lipinski definition) is 2. The van der Waals surface area contributed by atoms with E-state index in [2.05, 4.69) is 103 Å². The summed E-state index contributed by atoms with van der Waals surface area (Å²) in [5.74, 6) is 1.58. The molecular weight excluding hydrogens is 1020 g/mol. The number of imidazole rings is 1. The second kappa shape index (κ2) is 20.3. The summed E-state index contributed by atoms with van der Waals surface area (Å²) in [6, 6.07) is 47.9. The lowest BCUT2D eigenvalue weighted by Crippen LogP contribution is -2.31. The minimum atomic E-state index is -0.518. The van der Waals surface area contributed by atoms with E-state index in [1.165, 1.54) is 10.1 Å². The molecule has 0 aliphatic carbocycles.